The average molecular weight is 428 g/mol. The Morgan fingerprint density at radius 1 is 1.32 bits per heavy atom. The van der Waals surface area contributed by atoms with E-state index in [4.69, 9.17) is 4.74 Å². The average Bonchev–Trinajstić information content (AvgIpc) is 3.52. The van der Waals surface area contributed by atoms with Crippen molar-refractivity contribution in [2.45, 2.75) is 37.3 Å². The van der Waals surface area contributed by atoms with Gasteiger partial charge in [-0.2, -0.15) is 0 Å². The Labute approximate surface area is 177 Å². The number of likely N-dealkylation sites (tertiary alicyclic amines) is 1. The molecule has 3 aliphatic heterocycles. The molecule has 1 aromatic heterocycles. The molecule has 5 atom stereocenters. The van der Waals surface area contributed by atoms with Crippen LogP contribution in [0.2, 0.25) is 0 Å². The maximum atomic E-state index is 13.4. The first kappa shape index (κ1) is 19.9. The highest BCUT2D eigenvalue weighted by atomic mass is 16.5. The van der Waals surface area contributed by atoms with Crippen molar-refractivity contribution in [3.63, 3.8) is 0 Å². The summed E-state index contributed by atoms with van der Waals surface area (Å²) in [6.45, 7) is -0.226. The summed E-state index contributed by atoms with van der Waals surface area (Å²) in [4.78, 5) is 40.5. The number of fused-ring (bicyclic) bond motifs is 2. The Bertz CT molecular complexity index is 1060. The van der Waals surface area contributed by atoms with E-state index >= 15 is 0 Å². The molecule has 4 heterocycles. The van der Waals surface area contributed by atoms with E-state index in [1.165, 1.54) is 11.9 Å². The van der Waals surface area contributed by atoms with E-state index in [2.05, 4.69) is 20.9 Å². The van der Waals surface area contributed by atoms with E-state index in [0.717, 1.165) is 5.52 Å². The second kappa shape index (κ2) is 7.27. The smallest absolute Gasteiger partial charge is 0.247 e. The van der Waals surface area contributed by atoms with Crippen molar-refractivity contribution in [3.05, 3.63) is 24.3 Å². The van der Waals surface area contributed by atoms with Crippen LogP contribution in [0.1, 0.15) is 12.8 Å². The molecule has 2 bridgehead atoms. The van der Waals surface area contributed by atoms with Crippen LogP contribution in [0.25, 0.3) is 11.0 Å². The number of carbonyl (C=O) groups is 3. The number of aliphatic hydroxyl groups is 1. The predicted octanol–water partition coefficient (Wildman–Crippen LogP) is -1.38. The van der Waals surface area contributed by atoms with Gasteiger partial charge in [0.25, 0.3) is 0 Å². The van der Waals surface area contributed by atoms with Gasteiger partial charge in [0.05, 0.1) is 30.1 Å². The number of ether oxygens (including phenoxy) is 1. The van der Waals surface area contributed by atoms with Crippen molar-refractivity contribution in [1.82, 2.24) is 30.5 Å². The molecule has 1 aromatic carbocycles. The largest absolute Gasteiger partial charge is 0.395 e. The maximum Gasteiger partial charge on any atom is 0.247 e. The van der Waals surface area contributed by atoms with Crippen LogP contribution in [0.15, 0.2) is 24.3 Å². The molecule has 3 amide bonds. The summed E-state index contributed by atoms with van der Waals surface area (Å²) in [5.74, 6) is -2.35. The van der Waals surface area contributed by atoms with E-state index in [-0.39, 0.29) is 37.7 Å². The zero-order valence-electron chi connectivity index (χ0n) is 17.0. The van der Waals surface area contributed by atoms with Crippen LogP contribution >= 0.6 is 0 Å². The van der Waals surface area contributed by atoms with E-state index < -0.39 is 29.4 Å². The Hall–Kier alpha value is -3.05. The van der Waals surface area contributed by atoms with Gasteiger partial charge in [0.15, 0.2) is 0 Å². The summed E-state index contributed by atoms with van der Waals surface area (Å²) in [6.07, 6.45) is 0.722. The molecular weight excluding hydrogens is 404 g/mol. The van der Waals surface area contributed by atoms with Gasteiger partial charge in [0, 0.05) is 13.6 Å². The molecule has 3 N–H and O–H groups in total. The SMILES string of the molecule is CNC(=O)[C@@H]1[C@H]2C(=O)N(CCO)C(C(=O)NCn3nnc4ccccc43)C23CC[C@H]1O3. The minimum Gasteiger partial charge on any atom is -0.395 e. The van der Waals surface area contributed by atoms with Crippen LogP contribution in [0.5, 0.6) is 0 Å². The number of aromatic nitrogens is 3. The zero-order chi connectivity index (χ0) is 21.8. The molecule has 11 heteroatoms. The molecule has 164 valence electrons. The fourth-order valence-electron chi connectivity index (χ4n) is 5.55. The fourth-order valence-corrected chi connectivity index (χ4v) is 5.55. The number of para-hydroxylation sites is 1. The van der Waals surface area contributed by atoms with Gasteiger partial charge in [-0.15, -0.1) is 5.10 Å². The number of benzene rings is 1. The normalized spacial score (nSPS) is 31.3. The van der Waals surface area contributed by atoms with Crippen molar-refractivity contribution in [2.75, 3.05) is 20.2 Å². The van der Waals surface area contributed by atoms with Gasteiger partial charge in [0.1, 0.15) is 23.8 Å². The standard InChI is InChI=1S/C20H24N6O5/c1-21-17(28)14-13-6-7-20(31-13)15(14)19(30)25(8-9-27)16(20)18(29)22-10-26-12-5-3-2-4-11(12)23-24-26/h2-5,13-16,27H,6-10H2,1H3,(H,21,28)(H,22,29)/t13-,14+,15+,16?,20?/m1/s1. The first-order chi connectivity index (χ1) is 15.0. The fraction of sp³-hybridized carbons (Fsp3) is 0.550. The lowest BCUT2D eigenvalue weighted by Crippen LogP contribution is -2.55. The van der Waals surface area contributed by atoms with Crippen LogP contribution in [-0.2, 0) is 25.8 Å². The van der Waals surface area contributed by atoms with Crippen LogP contribution in [0.3, 0.4) is 0 Å². The van der Waals surface area contributed by atoms with E-state index in [9.17, 15) is 19.5 Å². The summed E-state index contributed by atoms with van der Waals surface area (Å²) >= 11 is 0. The summed E-state index contributed by atoms with van der Waals surface area (Å²) in [5.41, 5.74) is 0.411. The van der Waals surface area contributed by atoms with Crippen molar-refractivity contribution in [3.8, 4) is 0 Å². The predicted molar refractivity (Wildman–Crippen MR) is 106 cm³/mol. The minimum absolute atomic E-state index is 0.00405. The van der Waals surface area contributed by atoms with Gasteiger partial charge in [-0.3, -0.25) is 14.4 Å². The molecule has 5 rings (SSSR count). The minimum atomic E-state index is -1.07. The second-order valence-electron chi connectivity index (χ2n) is 8.20. The number of aliphatic hydroxyl groups excluding tert-OH is 1. The highest BCUT2D eigenvalue weighted by Gasteiger charge is 2.74. The number of nitrogens with zero attached hydrogens (tertiary/aromatic N) is 4. The molecule has 31 heavy (non-hydrogen) atoms. The van der Waals surface area contributed by atoms with Gasteiger partial charge >= 0.3 is 0 Å². The monoisotopic (exact) mass is 428 g/mol. The third-order valence-corrected chi connectivity index (χ3v) is 6.76. The summed E-state index contributed by atoms with van der Waals surface area (Å²) < 4.78 is 7.77. The second-order valence-corrected chi connectivity index (χ2v) is 8.20. The molecular formula is C20H24N6O5. The van der Waals surface area contributed by atoms with Gasteiger partial charge in [0.2, 0.25) is 17.7 Å². The first-order valence-electron chi connectivity index (χ1n) is 10.4. The molecule has 3 saturated heterocycles. The lowest BCUT2D eigenvalue weighted by atomic mass is 9.70. The number of amides is 3. The maximum absolute atomic E-state index is 13.4. The summed E-state index contributed by atoms with van der Waals surface area (Å²) in [6, 6.07) is 6.46. The molecule has 0 aliphatic carbocycles. The van der Waals surface area contributed by atoms with Gasteiger partial charge in [-0.05, 0) is 25.0 Å². The zero-order valence-corrected chi connectivity index (χ0v) is 17.0. The van der Waals surface area contributed by atoms with Crippen molar-refractivity contribution >= 4 is 28.8 Å². The molecule has 0 radical (unpaired) electrons. The summed E-state index contributed by atoms with van der Waals surface area (Å²) in [7, 11) is 1.53. The molecule has 0 saturated carbocycles. The van der Waals surface area contributed by atoms with E-state index in [1.807, 2.05) is 24.3 Å². The quantitative estimate of drug-likeness (QED) is 0.515. The number of carbonyl (C=O) groups excluding carboxylic acids is 3. The van der Waals surface area contributed by atoms with Crippen molar-refractivity contribution in [1.29, 1.82) is 0 Å². The van der Waals surface area contributed by atoms with Gasteiger partial charge < -0.3 is 25.4 Å². The van der Waals surface area contributed by atoms with Crippen LogP contribution in [0.4, 0.5) is 0 Å². The lowest BCUT2D eigenvalue weighted by molar-refractivity contribution is -0.142. The number of rotatable bonds is 6. The first-order valence-corrected chi connectivity index (χ1v) is 10.4. The Balaban J connectivity index is 1.43. The summed E-state index contributed by atoms with van der Waals surface area (Å²) in [5, 5.41) is 23.1. The van der Waals surface area contributed by atoms with Crippen molar-refractivity contribution in [2.24, 2.45) is 11.8 Å². The molecule has 1 spiro atoms. The Kier molecular flexibility index (Phi) is 4.67. The Morgan fingerprint density at radius 3 is 2.90 bits per heavy atom. The molecule has 2 aromatic rings. The van der Waals surface area contributed by atoms with Crippen LogP contribution in [0, 0.1) is 11.8 Å². The van der Waals surface area contributed by atoms with Crippen molar-refractivity contribution < 1.29 is 24.2 Å². The van der Waals surface area contributed by atoms with Gasteiger partial charge in [-0.25, -0.2) is 4.68 Å². The number of hydrogen-bond acceptors (Lipinski definition) is 7. The third-order valence-electron chi connectivity index (χ3n) is 6.76. The van der Waals surface area contributed by atoms with Crippen LogP contribution in [-0.4, -0.2) is 80.7 Å². The highest BCUT2D eigenvalue weighted by molar-refractivity contribution is 5.98. The number of β-amino-alcohol motifs (C(OH)–C–C–N with tert-alkyl or cyclic N) is 1. The Morgan fingerprint density at radius 2 is 2.13 bits per heavy atom. The lowest BCUT2D eigenvalue weighted by Gasteiger charge is -2.33. The molecule has 3 aliphatic rings. The van der Waals surface area contributed by atoms with E-state index in [0.29, 0.717) is 18.4 Å². The molecule has 2 unspecified atom stereocenters. The van der Waals surface area contributed by atoms with Gasteiger partial charge in [-0.1, -0.05) is 17.3 Å². The number of hydrogen-bond donors (Lipinski definition) is 3. The van der Waals surface area contributed by atoms with Crippen LogP contribution < -0.4 is 10.6 Å². The topological polar surface area (TPSA) is 139 Å². The highest BCUT2D eigenvalue weighted by Crippen LogP contribution is 2.58. The van der Waals surface area contributed by atoms with E-state index in [1.54, 1.807) is 4.68 Å². The molecule has 11 nitrogen and oxygen atoms in total. The number of nitrogens with one attached hydrogen (secondary N) is 2. The third kappa shape index (κ3) is 2.76. The molecule has 3 fully saturated rings.